The van der Waals surface area contributed by atoms with E-state index in [1.807, 2.05) is 38.1 Å². The van der Waals surface area contributed by atoms with E-state index in [-0.39, 0.29) is 0 Å². The van der Waals surface area contributed by atoms with E-state index >= 15 is 0 Å². The zero-order valence-electron chi connectivity index (χ0n) is 8.95. The fraction of sp³-hybridized carbons (Fsp3) is 0.250. The maximum Gasteiger partial charge on any atom is 0.122 e. The van der Waals surface area contributed by atoms with Crippen molar-refractivity contribution in [1.29, 1.82) is 0 Å². The van der Waals surface area contributed by atoms with E-state index in [9.17, 15) is 0 Å². The number of furan rings is 1. The Morgan fingerprint density at radius 1 is 1.27 bits per heavy atom. The summed E-state index contributed by atoms with van der Waals surface area (Å²) in [5.74, 6) is 0.926. The summed E-state index contributed by atoms with van der Waals surface area (Å²) >= 11 is 0. The number of rotatable bonds is 3. The number of nitrogens with zero attached hydrogens (tertiary/aromatic N) is 1. The maximum atomic E-state index is 5.24. The van der Waals surface area contributed by atoms with Crippen molar-refractivity contribution >= 4 is 5.69 Å². The van der Waals surface area contributed by atoms with E-state index in [4.69, 9.17) is 4.42 Å². The van der Waals surface area contributed by atoms with Crippen LogP contribution in [0.3, 0.4) is 0 Å². The lowest BCUT2D eigenvalue weighted by Gasteiger charge is -2.07. The molecule has 0 aromatic carbocycles. The molecule has 0 spiro atoms. The fourth-order valence-corrected chi connectivity index (χ4v) is 1.47. The van der Waals surface area contributed by atoms with Crippen molar-refractivity contribution in [3.05, 3.63) is 47.7 Å². The predicted molar refractivity (Wildman–Crippen MR) is 59.7 cm³/mol. The minimum absolute atomic E-state index is 0.693. The van der Waals surface area contributed by atoms with Crippen molar-refractivity contribution in [2.45, 2.75) is 20.4 Å². The third-order valence-corrected chi connectivity index (χ3v) is 2.26. The lowest BCUT2D eigenvalue weighted by atomic mass is 10.2. The Morgan fingerprint density at radius 2 is 2.13 bits per heavy atom. The highest BCUT2D eigenvalue weighted by atomic mass is 16.3. The summed E-state index contributed by atoms with van der Waals surface area (Å²) in [4.78, 5) is 4.38. The number of hydrogen-bond donors (Lipinski definition) is 1. The molecule has 0 unspecified atom stereocenters. The van der Waals surface area contributed by atoms with Crippen LogP contribution in [-0.2, 0) is 6.54 Å². The minimum atomic E-state index is 0.693. The molecular weight excluding hydrogens is 188 g/mol. The van der Waals surface area contributed by atoms with Gasteiger partial charge in [0.05, 0.1) is 24.2 Å². The summed E-state index contributed by atoms with van der Waals surface area (Å²) in [6, 6.07) is 7.87. The molecule has 2 aromatic rings. The predicted octanol–water partition coefficient (Wildman–Crippen LogP) is 2.90. The molecule has 0 saturated heterocycles. The van der Waals surface area contributed by atoms with Gasteiger partial charge in [0.2, 0.25) is 0 Å². The molecule has 2 rings (SSSR count). The van der Waals surface area contributed by atoms with Gasteiger partial charge in [0, 0.05) is 5.69 Å². The quantitative estimate of drug-likeness (QED) is 0.831. The highest BCUT2D eigenvalue weighted by molar-refractivity contribution is 5.47. The molecule has 1 N–H and O–H groups in total. The summed E-state index contributed by atoms with van der Waals surface area (Å²) in [6.07, 6.45) is 1.68. The van der Waals surface area contributed by atoms with Gasteiger partial charge in [-0.05, 0) is 38.1 Å². The maximum absolute atomic E-state index is 5.24. The van der Waals surface area contributed by atoms with E-state index in [0.29, 0.717) is 6.54 Å². The van der Waals surface area contributed by atoms with E-state index in [1.54, 1.807) is 6.26 Å². The molecule has 0 saturated carbocycles. The first kappa shape index (κ1) is 9.77. The van der Waals surface area contributed by atoms with Crippen molar-refractivity contribution in [2.24, 2.45) is 0 Å². The molecule has 0 atom stereocenters. The monoisotopic (exact) mass is 202 g/mol. The van der Waals surface area contributed by atoms with Gasteiger partial charge in [0.15, 0.2) is 0 Å². The summed E-state index contributed by atoms with van der Waals surface area (Å²) in [6.45, 7) is 4.68. The summed E-state index contributed by atoms with van der Waals surface area (Å²) in [7, 11) is 0. The Morgan fingerprint density at radius 3 is 2.80 bits per heavy atom. The Hall–Kier alpha value is -1.77. The van der Waals surface area contributed by atoms with Crippen LogP contribution in [0.1, 0.15) is 17.1 Å². The first-order chi connectivity index (χ1) is 7.25. The van der Waals surface area contributed by atoms with Gasteiger partial charge in [-0.25, -0.2) is 0 Å². The molecule has 0 fully saturated rings. The molecule has 3 heteroatoms. The van der Waals surface area contributed by atoms with Gasteiger partial charge < -0.3 is 9.73 Å². The van der Waals surface area contributed by atoms with Crippen LogP contribution in [0.4, 0.5) is 5.69 Å². The van der Waals surface area contributed by atoms with Crippen LogP contribution in [0, 0.1) is 13.8 Å². The summed E-state index contributed by atoms with van der Waals surface area (Å²) < 4.78 is 5.24. The van der Waals surface area contributed by atoms with Crippen molar-refractivity contribution in [3.8, 4) is 0 Å². The third-order valence-electron chi connectivity index (χ3n) is 2.26. The molecule has 0 bridgehead atoms. The second-order valence-corrected chi connectivity index (χ2v) is 3.52. The van der Waals surface area contributed by atoms with Crippen LogP contribution in [0.2, 0.25) is 0 Å². The highest BCUT2D eigenvalue weighted by Crippen LogP contribution is 2.14. The number of hydrogen-bond acceptors (Lipinski definition) is 3. The average molecular weight is 202 g/mol. The molecule has 3 nitrogen and oxygen atoms in total. The zero-order valence-corrected chi connectivity index (χ0v) is 8.95. The van der Waals surface area contributed by atoms with Gasteiger partial charge in [-0.2, -0.15) is 0 Å². The smallest absolute Gasteiger partial charge is 0.122 e. The second kappa shape index (κ2) is 4.17. The van der Waals surface area contributed by atoms with Crippen molar-refractivity contribution in [2.75, 3.05) is 5.32 Å². The van der Waals surface area contributed by atoms with Crippen molar-refractivity contribution < 1.29 is 4.42 Å². The Bertz CT molecular complexity index is 435. The largest absolute Gasteiger partial charge is 0.467 e. The van der Waals surface area contributed by atoms with E-state index in [2.05, 4.69) is 10.3 Å². The van der Waals surface area contributed by atoms with Crippen molar-refractivity contribution in [3.63, 3.8) is 0 Å². The Kier molecular flexibility index (Phi) is 2.72. The van der Waals surface area contributed by atoms with Crippen LogP contribution >= 0.6 is 0 Å². The van der Waals surface area contributed by atoms with Crippen LogP contribution in [0.25, 0.3) is 0 Å². The minimum Gasteiger partial charge on any atom is -0.467 e. The highest BCUT2D eigenvalue weighted by Gasteiger charge is 2.00. The van der Waals surface area contributed by atoms with Gasteiger partial charge in [-0.1, -0.05) is 0 Å². The molecule has 15 heavy (non-hydrogen) atoms. The van der Waals surface area contributed by atoms with Gasteiger partial charge in [0.1, 0.15) is 5.76 Å². The Balaban J connectivity index is 2.05. The van der Waals surface area contributed by atoms with E-state index in [0.717, 1.165) is 22.8 Å². The van der Waals surface area contributed by atoms with Crippen LogP contribution in [0.5, 0.6) is 0 Å². The topological polar surface area (TPSA) is 38.1 Å². The molecule has 2 heterocycles. The fourth-order valence-electron chi connectivity index (χ4n) is 1.47. The Labute approximate surface area is 89.1 Å². The van der Waals surface area contributed by atoms with Gasteiger partial charge in [-0.3, -0.25) is 4.98 Å². The van der Waals surface area contributed by atoms with E-state index < -0.39 is 0 Å². The second-order valence-electron chi connectivity index (χ2n) is 3.52. The molecule has 0 aliphatic carbocycles. The number of anilines is 1. The van der Waals surface area contributed by atoms with Gasteiger partial charge in [0.25, 0.3) is 0 Å². The number of aryl methyl sites for hydroxylation is 2. The third kappa shape index (κ3) is 2.37. The molecule has 0 aliphatic rings. The first-order valence-electron chi connectivity index (χ1n) is 4.96. The number of nitrogens with one attached hydrogen (secondary N) is 1. The normalized spacial score (nSPS) is 10.3. The van der Waals surface area contributed by atoms with E-state index in [1.165, 1.54) is 0 Å². The molecule has 2 aromatic heterocycles. The average Bonchev–Trinajstić information content (AvgIpc) is 2.69. The number of aromatic nitrogens is 1. The summed E-state index contributed by atoms with van der Waals surface area (Å²) in [5, 5.41) is 3.29. The van der Waals surface area contributed by atoms with Crippen LogP contribution in [0.15, 0.2) is 34.9 Å². The molecule has 0 amide bonds. The van der Waals surface area contributed by atoms with Crippen molar-refractivity contribution in [1.82, 2.24) is 4.98 Å². The lowest BCUT2D eigenvalue weighted by molar-refractivity contribution is 0.518. The van der Waals surface area contributed by atoms with Gasteiger partial charge in [-0.15, -0.1) is 0 Å². The summed E-state index contributed by atoms with van der Waals surface area (Å²) in [5.41, 5.74) is 3.11. The number of pyridine rings is 1. The van der Waals surface area contributed by atoms with Crippen LogP contribution in [-0.4, -0.2) is 4.98 Å². The van der Waals surface area contributed by atoms with Crippen LogP contribution < -0.4 is 5.32 Å². The van der Waals surface area contributed by atoms with Gasteiger partial charge >= 0.3 is 0 Å². The molecule has 78 valence electrons. The first-order valence-corrected chi connectivity index (χ1v) is 4.96. The molecular formula is C12H14N2O. The molecule has 0 radical (unpaired) electrons. The SMILES string of the molecule is Cc1ccc(NCc2ccco2)c(C)n1. The lowest BCUT2D eigenvalue weighted by Crippen LogP contribution is -2.01. The zero-order chi connectivity index (χ0) is 10.7. The molecule has 0 aliphatic heterocycles. The standard InChI is InChI=1S/C12H14N2O/c1-9-5-6-12(10(2)14-9)13-8-11-4-3-7-15-11/h3-7,13H,8H2,1-2H3.